The van der Waals surface area contributed by atoms with Crippen LogP contribution in [0.3, 0.4) is 0 Å². The molecule has 0 bridgehead atoms. The maximum atomic E-state index is 11.1. The quantitative estimate of drug-likeness (QED) is 0.565. The van der Waals surface area contributed by atoms with Crippen molar-refractivity contribution in [1.29, 1.82) is 0 Å². The van der Waals surface area contributed by atoms with E-state index in [1.165, 1.54) is 31.4 Å². The highest BCUT2D eigenvalue weighted by Crippen LogP contribution is 2.67. The molecule has 0 aliphatic heterocycles. The van der Waals surface area contributed by atoms with Crippen LogP contribution in [0.25, 0.3) is 0 Å². The fraction of sp³-hybridized carbons (Fsp3) is 0.783. The Morgan fingerprint density at radius 2 is 1.85 bits per heavy atom. The van der Waals surface area contributed by atoms with Crippen molar-refractivity contribution in [2.45, 2.75) is 70.8 Å². The van der Waals surface area contributed by atoms with Gasteiger partial charge in [0.05, 0.1) is 5.71 Å². The number of allylic oxidation sites excluding steroid dienone is 2. The maximum absolute atomic E-state index is 11.1. The molecule has 0 aromatic carbocycles. The van der Waals surface area contributed by atoms with E-state index in [4.69, 9.17) is 6.42 Å². The Morgan fingerprint density at radius 1 is 1.12 bits per heavy atom. The molecule has 4 aliphatic carbocycles. The number of hydrogen-bond donors (Lipinski definition) is 1. The van der Waals surface area contributed by atoms with Crippen LogP contribution >= 0.6 is 0 Å². The van der Waals surface area contributed by atoms with Gasteiger partial charge in [-0.15, -0.1) is 6.42 Å². The summed E-state index contributed by atoms with van der Waals surface area (Å²) in [7, 11) is 4.01. The first-order chi connectivity index (χ1) is 12.2. The number of aliphatic hydroxyl groups is 1. The molecular weight excluding hydrogens is 320 g/mol. The van der Waals surface area contributed by atoms with Crippen molar-refractivity contribution < 1.29 is 5.11 Å². The van der Waals surface area contributed by atoms with Gasteiger partial charge in [0.2, 0.25) is 0 Å². The highest BCUT2D eigenvalue weighted by atomic mass is 16.3. The zero-order valence-corrected chi connectivity index (χ0v) is 16.9. The molecule has 0 spiro atoms. The summed E-state index contributed by atoms with van der Waals surface area (Å²) in [5, 5.41) is 17.7. The van der Waals surface area contributed by atoms with Crippen LogP contribution < -0.4 is 0 Å². The average Bonchev–Trinajstić information content (AvgIpc) is 2.87. The number of rotatable bonds is 1. The van der Waals surface area contributed by atoms with Crippen LogP contribution in [-0.2, 0) is 0 Å². The number of hydrogen-bond acceptors (Lipinski definition) is 3. The van der Waals surface area contributed by atoms with Crippen molar-refractivity contribution in [3.63, 3.8) is 0 Å². The minimum atomic E-state index is -0.891. The van der Waals surface area contributed by atoms with E-state index in [0.29, 0.717) is 17.3 Å². The van der Waals surface area contributed by atoms with Crippen LogP contribution in [0.4, 0.5) is 0 Å². The molecular formula is C23H34N2O. The van der Waals surface area contributed by atoms with E-state index >= 15 is 0 Å². The van der Waals surface area contributed by atoms with Crippen LogP contribution in [-0.4, -0.2) is 35.5 Å². The summed E-state index contributed by atoms with van der Waals surface area (Å²) in [6.07, 6.45) is 17.1. The largest absolute Gasteiger partial charge is 0.377 e. The number of nitrogens with zero attached hydrogens (tertiary/aromatic N) is 2. The lowest BCUT2D eigenvalue weighted by molar-refractivity contribution is -0.0986. The minimum Gasteiger partial charge on any atom is -0.377 e. The Morgan fingerprint density at radius 3 is 2.54 bits per heavy atom. The first-order valence-corrected chi connectivity index (χ1v) is 10.4. The molecule has 3 saturated carbocycles. The molecule has 0 aromatic rings. The van der Waals surface area contributed by atoms with Gasteiger partial charge in [0.25, 0.3) is 0 Å². The Kier molecular flexibility index (Phi) is 4.08. The molecule has 0 heterocycles. The summed E-state index contributed by atoms with van der Waals surface area (Å²) in [6, 6.07) is 0. The number of terminal acetylenes is 1. The van der Waals surface area contributed by atoms with Gasteiger partial charge in [-0.3, -0.25) is 0 Å². The standard InChI is InChI=1S/C23H34N2O/c1-6-23(26)14-11-20-18-8-7-16-15-17(24-25(4)5)9-12-21(16,2)19(18)10-13-22(20,23)3/h1,15,18-20,26H,7-14H2,2-5H3/b24-17+. The lowest BCUT2D eigenvalue weighted by Gasteiger charge is -2.58. The predicted octanol–water partition coefficient (Wildman–Crippen LogP) is 4.23. The third kappa shape index (κ3) is 2.34. The molecule has 142 valence electrons. The fourth-order valence-electron chi connectivity index (χ4n) is 7.16. The molecule has 3 heteroatoms. The van der Waals surface area contributed by atoms with Gasteiger partial charge in [0.15, 0.2) is 0 Å². The number of hydrazone groups is 1. The summed E-state index contributed by atoms with van der Waals surface area (Å²) in [5.41, 5.74) is 2.19. The minimum absolute atomic E-state index is 0.0906. The van der Waals surface area contributed by atoms with E-state index in [-0.39, 0.29) is 5.41 Å². The summed E-state index contributed by atoms with van der Waals surface area (Å²) < 4.78 is 0. The summed E-state index contributed by atoms with van der Waals surface area (Å²) in [5.74, 6) is 4.82. The van der Waals surface area contributed by atoms with E-state index in [0.717, 1.165) is 31.6 Å². The van der Waals surface area contributed by atoms with Crippen molar-refractivity contribution in [2.75, 3.05) is 14.1 Å². The summed E-state index contributed by atoms with van der Waals surface area (Å²) >= 11 is 0. The van der Waals surface area contributed by atoms with Crippen molar-refractivity contribution in [2.24, 2.45) is 33.7 Å². The van der Waals surface area contributed by atoms with E-state index in [1.54, 1.807) is 5.57 Å². The summed E-state index contributed by atoms with van der Waals surface area (Å²) in [4.78, 5) is 0. The zero-order chi connectivity index (χ0) is 18.7. The molecule has 0 saturated heterocycles. The van der Waals surface area contributed by atoms with E-state index in [1.807, 2.05) is 19.1 Å². The van der Waals surface area contributed by atoms with E-state index in [9.17, 15) is 5.11 Å². The molecule has 0 aromatic heterocycles. The molecule has 26 heavy (non-hydrogen) atoms. The summed E-state index contributed by atoms with van der Waals surface area (Å²) in [6.45, 7) is 4.78. The second-order valence-corrected chi connectivity index (χ2v) is 9.94. The molecule has 4 rings (SSSR count). The van der Waals surface area contributed by atoms with Crippen LogP contribution in [0.2, 0.25) is 0 Å². The van der Waals surface area contributed by atoms with Gasteiger partial charge in [0.1, 0.15) is 5.60 Å². The molecule has 3 fully saturated rings. The molecule has 6 unspecified atom stereocenters. The smallest absolute Gasteiger partial charge is 0.130 e. The molecule has 0 amide bonds. The van der Waals surface area contributed by atoms with Gasteiger partial charge in [-0.25, -0.2) is 0 Å². The Labute approximate surface area is 158 Å². The van der Waals surface area contributed by atoms with Gasteiger partial charge in [-0.1, -0.05) is 25.3 Å². The second kappa shape index (κ2) is 5.86. The van der Waals surface area contributed by atoms with Crippen LogP contribution in [0, 0.1) is 40.9 Å². The van der Waals surface area contributed by atoms with E-state index < -0.39 is 5.60 Å². The van der Waals surface area contributed by atoms with Crippen LogP contribution in [0.15, 0.2) is 16.8 Å². The molecule has 3 nitrogen and oxygen atoms in total. The molecule has 6 atom stereocenters. The second-order valence-electron chi connectivity index (χ2n) is 9.94. The monoisotopic (exact) mass is 354 g/mol. The Bertz CT molecular complexity index is 701. The predicted molar refractivity (Wildman–Crippen MR) is 107 cm³/mol. The normalized spacial score (nSPS) is 48.8. The van der Waals surface area contributed by atoms with Crippen LogP contribution in [0.5, 0.6) is 0 Å². The number of fused-ring (bicyclic) bond motifs is 5. The van der Waals surface area contributed by atoms with Crippen molar-refractivity contribution in [3.8, 4) is 12.3 Å². The Hall–Kier alpha value is -1.27. The lowest BCUT2D eigenvalue weighted by atomic mass is 9.46. The van der Waals surface area contributed by atoms with E-state index in [2.05, 4.69) is 30.9 Å². The van der Waals surface area contributed by atoms with Crippen molar-refractivity contribution >= 4 is 5.71 Å². The first kappa shape index (κ1) is 18.1. The molecule has 0 radical (unpaired) electrons. The fourth-order valence-corrected chi connectivity index (χ4v) is 7.16. The lowest BCUT2D eigenvalue weighted by Crippen LogP contribution is -2.54. The Balaban J connectivity index is 1.65. The van der Waals surface area contributed by atoms with Gasteiger partial charge in [0, 0.05) is 19.5 Å². The van der Waals surface area contributed by atoms with Crippen LogP contribution in [0.1, 0.15) is 65.2 Å². The molecule has 1 N–H and O–H groups in total. The van der Waals surface area contributed by atoms with Gasteiger partial charge in [-0.05, 0) is 80.6 Å². The SMILES string of the molecule is C#CC1(O)CCC2C3CCC4=C/C(=N/N(C)C)CCC4(C)C3CCC21C. The zero-order valence-electron chi connectivity index (χ0n) is 16.9. The molecule has 4 aliphatic rings. The average molecular weight is 355 g/mol. The third-order valence-electron chi connectivity index (χ3n) is 8.70. The first-order valence-electron chi connectivity index (χ1n) is 10.4. The van der Waals surface area contributed by atoms with Gasteiger partial charge < -0.3 is 10.1 Å². The van der Waals surface area contributed by atoms with Crippen molar-refractivity contribution in [1.82, 2.24) is 5.01 Å². The van der Waals surface area contributed by atoms with Gasteiger partial charge >= 0.3 is 0 Å². The van der Waals surface area contributed by atoms with Gasteiger partial charge in [-0.2, -0.15) is 5.10 Å². The third-order valence-corrected chi connectivity index (χ3v) is 8.70. The highest BCUT2D eigenvalue weighted by Gasteiger charge is 2.63. The maximum Gasteiger partial charge on any atom is 0.130 e. The topological polar surface area (TPSA) is 35.8 Å². The van der Waals surface area contributed by atoms with Crippen molar-refractivity contribution in [3.05, 3.63) is 11.6 Å². The highest BCUT2D eigenvalue weighted by molar-refractivity contribution is 5.96.